The topological polar surface area (TPSA) is 40.5 Å². The van der Waals surface area contributed by atoms with Crippen molar-refractivity contribution in [1.82, 2.24) is 4.90 Å². The van der Waals surface area contributed by atoms with Crippen LogP contribution in [-0.2, 0) is 4.79 Å². The van der Waals surface area contributed by atoms with E-state index in [-0.39, 0.29) is 0 Å². The molecule has 1 rings (SSSR count). The van der Waals surface area contributed by atoms with Gasteiger partial charge in [-0.25, -0.2) is 0 Å². The molecule has 0 saturated carbocycles. The third kappa shape index (κ3) is 4.60. The monoisotopic (exact) mass is 255 g/mol. The van der Waals surface area contributed by atoms with Crippen LogP contribution in [0.25, 0.3) is 0 Å². The Morgan fingerprint density at radius 1 is 1.22 bits per heavy atom. The lowest BCUT2D eigenvalue weighted by molar-refractivity contribution is -0.148. The summed E-state index contributed by atoms with van der Waals surface area (Å²) in [5, 5.41) is 9.30. The molecule has 1 atom stereocenters. The van der Waals surface area contributed by atoms with Crippen LogP contribution in [0.15, 0.2) is 0 Å². The molecule has 1 fully saturated rings. The molecule has 3 heteroatoms. The van der Waals surface area contributed by atoms with Gasteiger partial charge in [-0.2, -0.15) is 0 Å². The molecule has 1 saturated heterocycles. The molecule has 3 nitrogen and oxygen atoms in total. The number of rotatable bonds is 6. The average Bonchev–Trinajstić information content (AvgIpc) is 2.28. The van der Waals surface area contributed by atoms with E-state index in [1.165, 1.54) is 19.3 Å². The number of hydrogen-bond acceptors (Lipinski definition) is 2. The van der Waals surface area contributed by atoms with Gasteiger partial charge < -0.3 is 10.0 Å². The number of piperidine rings is 1. The fourth-order valence-corrected chi connectivity index (χ4v) is 2.87. The third-order valence-corrected chi connectivity index (χ3v) is 3.98. The second-order valence-corrected chi connectivity index (χ2v) is 6.77. The Balaban J connectivity index is 2.68. The fraction of sp³-hybridized carbons (Fsp3) is 0.933. The van der Waals surface area contributed by atoms with Crippen molar-refractivity contribution >= 4 is 5.97 Å². The summed E-state index contributed by atoms with van der Waals surface area (Å²) in [5.41, 5.74) is -0.614. The Hall–Kier alpha value is -0.570. The van der Waals surface area contributed by atoms with E-state index in [1.807, 2.05) is 13.8 Å². The zero-order chi connectivity index (χ0) is 13.8. The van der Waals surface area contributed by atoms with Crippen LogP contribution in [0.2, 0.25) is 0 Å². The molecule has 0 radical (unpaired) electrons. The van der Waals surface area contributed by atoms with Crippen LogP contribution in [0.4, 0.5) is 0 Å². The van der Waals surface area contributed by atoms with E-state index in [4.69, 9.17) is 0 Å². The zero-order valence-corrected chi connectivity index (χ0v) is 12.4. The minimum atomic E-state index is -0.673. The maximum absolute atomic E-state index is 11.3. The number of aliphatic carboxylic acids is 1. The molecule has 0 spiro atoms. The van der Waals surface area contributed by atoms with Gasteiger partial charge in [-0.3, -0.25) is 4.79 Å². The highest BCUT2D eigenvalue weighted by molar-refractivity contribution is 5.73. The van der Waals surface area contributed by atoms with E-state index < -0.39 is 11.4 Å². The van der Waals surface area contributed by atoms with Crippen LogP contribution in [-0.4, -0.2) is 35.1 Å². The predicted octanol–water partition coefficient (Wildman–Crippen LogP) is 3.39. The van der Waals surface area contributed by atoms with Crippen LogP contribution in [0, 0.1) is 11.3 Å². The number of likely N-dealkylation sites (tertiary alicyclic amines) is 1. The van der Waals surface area contributed by atoms with E-state index in [0.29, 0.717) is 12.0 Å². The Morgan fingerprint density at radius 2 is 1.78 bits per heavy atom. The van der Waals surface area contributed by atoms with Crippen LogP contribution in [0.5, 0.6) is 0 Å². The second-order valence-electron chi connectivity index (χ2n) is 6.77. The van der Waals surface area contributed by atoms with Gasteiger partial charge in [0.05, 0.1) is 5.41 Å². The van der Waals surface area contributed by atoms with Crippen molar-refractivity contribution in [3.63, 3.8) is 0 Å². The lowest BCUT2D eigenvalue weighted by Gasteiger charge is -2.38. The lowest BCUT2D eigenvalue weighted by Crippen LogP contribution is -2.43. The van der Waals surface area contributed by atoms with Crippen molar-refractivity contribution in [3.8, 4) is 0 Å². The van der Waals surface area contributed by atoms with Gasteiger partial charge >= 0.3 is 5.97 Å². The van der Waals surface area contributed by atoms with Gasteiger partial charge in [0.15, 0.2) is 0 Å². The highest BCUT2D eigenvalue weighted by Crippen LogP contribution is 2.29. The Bertz CT molecular complexity index is 268. The number of carboxylic acid groups (broad SMARTS) is 1. The van der Waals surface area contributed by atoms with E-state index in [9.17, 15) is 9.90 Å². The SMILES string of the molecule is CC(C)CC(CC(C)(C)C(=O)O)N1CCCCC1. The largest absolute Gasteiger partial charge is 0.481 e. The Labute approximate surface area is 112 Å². The molecule has 0 aromatic carbocycles. The lowest BCUT2D eigenvalue weighted by atomic mass is 9.82. The molecule has 1 unspecified atom stereocenters. The smallest absolute Gasteiger partial charge is 0.309 e. The minimum Gasteiger partial charge on any atom is -0.481 e. The minimum absolute atomic E-state index is 0.427. The maximum atomic E-state index is 11.3. The van der Waals surface area contributed by atoms with Gasteiger partial charge in [-0.1, -0.05) is 20.3 Å². The summed E-state index contributed by atoms with van der Waals surface area (Å²) in [5.74, 6) is -0.0465. The number of carbonyl (C=O) groups is 1. The van der Waals surface area contributed by atoms with Crippen molar-refractivity contribution in [2.24, 2.45) is 11.3 Å². The average molecular weight is 255 g/mol. The van der Waals surface area contributed by atoms with E-state index in [2.05, 4.69) is 18.7 Å². The number of nitrogens with zero attached hydrogens (tertiary/aromatic N) is 1. The molecule has 1 heterocycles. The summed E-state index contributed by atoms with van der Waals surface area (Å²) in [6.45, 7) is 10.5. The molecule has 0 aliphatic carbocycles. The molecule has 0 aromatic rings. The van der Waals surface area contributed by atoms with Crippen molar-refractivity contribution in [3.05, 3.63) is 0 Å². The zero-order valence-electron chi connectivity index (χ0n) is 12.4. The van der Waals surface area contributed by atoms with Crippen molar-refractivity contribution in [2.75, 3.05) is 13.1 Å². The first-order valence-corrected chi connectivity index (χ1v) is 7.30. The maximum Gasteiger partial charge on any atom is 0.309 e. The van der Waals surface area contributed by atoms with Gasteiger partial charge in [-0.15, -0.1) is 0 Å². The summed E-state index contributed by atoms with van der Waals surface area (Å²) in [4.78, 5) is 13.8. The fourth-order valence-electron chi connectivity index (χ4n) is 2.87. The van der Waals surface area contributed by atoms with Crippen LogP contribution in [0.1, 0.15) is 59.8 Å². The van der Waals surface area contributed by atoms with Crippen molar-refractivity contribution < 1.29 is 9.90 Å². The molecule has 1 N–H and O–H groups in total. The molecular weight excluding hydrogens is 226 g/mol. The summed E-state index contributed by atoms with van der Waals surface area (Å²) in [7, 11) is 0. The summed E-state index contributed by atoms with van der Waals surface area (Å²) in [6.07, 6.45) is 5.73. The second kappa shape index (κ2) is 6.55. The quantitative estimate of drug-likeness (QED) is 0.791. The molecule has 0 amide bonds. The van der Waals surface area contributed by atoms with Gasteiger partial charge in [0.1, 0.15) is 0 Å². The molecule has 0 bridgehead atoms. The van der Waals surface area contributed by atoms with Gasteiger partial charge in [-0.05, 0) is 58.5 Å². The van der Waals surface area contributed by atoms with Gasteiger partial charge in [0, 0.05) is 6.04 Å². The standard InChI is InChI=1S/C15H29NO2/c1-12(2)10-13(11-15(3,4)14(17)18)16-8-6-5-7-9-16/h12-13H,5-11H2,1-4H3,(H,17,18). The molecule has 0 aromatic heterocycles. The Morgan fingerprint density at radius 3 is 2.22 bits per heavy atom. The van der Waals surface area contributed by atoms with Gasteiger partial charge in [0.25, 0.3) is 0 Å². The van der Waals surface area contributed by atoms with Crippen molar-refractivity contribution in [2.45, 2.75) is 65.8 Å². The molecular formula is C15H29NO2. The van der Waals surface area contributed by atoms with Crippen LogP contribution < -0.4 is 0 Å². The predicted molar refractivity (Wildman–Crippen MR) is 74.7 cm³/mol. The van der Waals surface area contributed by atoms with E-state index in [1.54, 1.807) is 0 Å². The summed E-state index contributed by atoms with van der Waals surface area (Å²) in [6, 6.07) is 0.427. The van der Waals surface area contributed by atoms with E-state index in [0.717, 1.165) is 25.9 Å². The molecule has 1 aliphatic heterocycles. The molecule has 18 heavy (non-hydrogen) atoms. The number of hydrogen-bond donors (Lipinski definition) is 1. The Kier molecular flexibility index (Phi) is 5.64. The number of carboxylic acids is 1. The van der Waals surface area contributed by atoms with Crippen LogP contribution >= 0.6 is 0 Å². The highest BCUT2D eigenvalue weighted by atomic mass is 16.4. The third-order valence-electron chi connectivity index (χ3n) is 3.98. The summed E-state index contributed by atoms with van der Waals surface area (Å²) >= 11 is 0. The first-order valence-electron chi connectivity index (χ1n) is 7.30. The highest BCUT2D eigenvalue weighted by Gasteiger charge is 2.33. The molecule has 106 valence electrons. The summed E-state index contributed by atoms with van der Waals surface area (Å²) < 4.78 is 0. The first-order chi connectivity index (χ1) is 8.33. The van der Waals surface area contributed by atoms with Crippen molar-refractivity contribution in [1.29, 1.82) is 0 Å². The molecule has 1 aliphatic rings. The first kappa shape index (κ1) is 15.5. The van der Waals surface area contributed by atoms with Crippen LogP contribution in [0.3, 0.4) is 0 Å². The van der Waals surface area contributed by atoms with Gasteiger partial charge in [0.2, 0.25) is 0 Å². The van der Waals surface area contributed by atoms with E-state index >= 15 is 0 Å². The normalized spacial score (nSPS) is 20.1.